The molecule has 0 aliphatic heterocycles. The fourth-order valence-electron chi connectivity index (χ4n) is 1.66. The first-order valence-electron chi connectivity index (χ1n) is 6.29. The standard InChI is InChI=1S/C14H17IN4/c1-3-8-16-13-9-14(18-10(2)17-13)19-12-6-4-11(15)5-7-12/h4-7,9H,3,8H2,1-2H3,(H2,16,17,18,19). The van der Waals surface area contributed by atoms with Gasteiger partial charge in [0.05, 0.1) is 0 Å². The van der Waals surface area contributed by atoms with Gasteiger partial charge in [-0.05, 0) is 60.2 Å². The Kier molecular flexibility index (Phi) is 4.95. The summed E-state index contributed by atoms with van der Waals surface area (Å²) in [6.07, 6.45) is 1.07. The summed E-state index contributed by atoms with van der Waals surface area (Å²) >= 11 is 2.29. The maximum Gasteiger partial charge on any atom is 0.136 e. The Bertz CT molecular complexity index is 540. The second kappa shape index (κ2) is 6.70. The molecule has 1 heterocycles. The van der Waals surface area contributed by atoms with E-state index in [-0.39, 0.29) is 0 Å². The van der Waals surface area contributed by atoms with Crippen LogP contribution in [0.4, 0.5) is 17.3 Å². The van der Waals surface area contributed by atoms with Gasteiger partial charge in [0.1, 0.15) is 17.5 Å². The van der Waals surface area contributed by atoms with E-state index in [9.17, 15) is 0 Å². The molecule has 2 aromatic rings. The van der Waals surface area contributed by atoms with Gasteiger partial charge in [-0.3, -0.25) is 0 Å². The van der Waals surface area contributed by atoms with Crippen molar-refractivity contribution in [2.45, 2.75) is 20.3 Å². The van der Waals surface area contributed by atoms with Crippen molar-refractivity contribution in [2.24, 2.45) is 0 Å². The molecular weight excluding hydrogens is 351 g/mol. The van der Waals surface area contributed by atoms with Crippen LogP contribution in [-0.4, -0.2) is 16.5 Å². The zero-order chi connectivity index (χ0) is 13.7. The van der Waals surface area contributed by atoms with Gasteiger partial charge < -0.3 is 10.6 Å². The van der Waals surface area contributed by atoms with Crippen LogP contribution in [0.15, 0.2) is 30.3 Å². The Balaban J connectivity index is 2.15. The highest BCUT2D eigenvalue weighted by Gasteiger charge is 2.02. The number of hydrogen-bond acceptors (Lipinski definition) is 4. The molecule has 1 aromatic carbocycles. The van der Waals surface area contributed by atoms with Crippen molar-refractivity contribution in [3.8, 4) is 0 Å². The molecule has 2 N–H and O–H groups in total. The molecule has 19 heavy (non-hydrogen) atoms. The zero-order valence-electron chi connectivity index (χ0n) is 11.1. The van der Waals surface area contributed by atoms with Crippen LogP contribution in [-0.2, 0) is 0 Å². The van der Waals surface area contributed by atoms with Gasteiger partial charge >= 0.3 is 0 Å². The molecule has 0 aliphatic rings. The van der Waals surface area contributed by atoms with Crippen LogP contribution >= 0.6 is 22.6 Å². The van der Waals surface area contributed by atoms with Crippen molar-refractivity contribution in [3.05, 3.63) is 39.7 Å². The molecule has 0 amide bonds. The van der Waals surface area contributed by atoms with Gasteiger partial charge in [0.25, 0.3) is 0 Å². The number of rotatable bonds is 5. The first-order valence-corrected chi connectivity index (χ1v) is 7.37. The summed E-state index contributed by atoms with van der Waals surface area (Å²) in [5, 5.41) is 6.57. The maximum absolute atomic E-state index is 4.40. The Morgan fingerprint density at radius 3 is 2.47 bits per heavy atom. The number of halogens is 1. The second-order valence-electron chi connectivity index (χ2n) is 4.24. The molecule has 0 atom stereocenters. The number of anilines is 3. The van der Waals surface area contributed by atoms with Crippen molar-refractivity contribution < 1.29 is 0 Å². The SMILES string of the molecule is CCCNc1cc(Nc2ccc(I)cc2)nc(C)n1. The van der Waals surface area contributed by atoms with Gasteiger partial charge in [0.15, 0.2) is 0 Å². The smallest absolute Gasteiger partial charge is 0.136 e. The molecule has 0 fully saturated rings. The van der Waals surface area contributed by atoms with Crippen LogP contribution in [0.3, 0.4) is 0 Å². The lowest BCUT2D eigenvalue weighted by molar-refractivity contribution is 0.955. The van der Waals surface area contributed by atoms with Crippen molar-refractivity contribution in [1.29, 1.82) is 0 Å². The average molecular weight is 368 g/mol. The largest absolute Gasteiger partial charge is 0.370 e. The van der Waals surface area contributed by atoms with Gasteiger partial charge in [-0.15, -0.1) is 0 Å². The molecule has 0 bridgehead atoms. The van der Waals surface area contributed by atoms with Crippen LogP contribution in [0, 0.1) is 10.5 Å². The minimum atomic E-state index is 0.758. The predicted molar refractivity (Wildman–Crippen MR) is 88.0 cm³/mol. The van der Waals surface area contributed by atoms with E-state index in [4.69, 9.17) is 0 Å². The molecule has 0 radical (unpaired) electrons. The van der Waals surface area contributed by atoms with Crippen LogP contribution in [0.25, 0.3) is 0 Å². The molecule has 0 saturated carbocycles. The molecular formula is C14H17IN4. The van der Waals surface area contributed by atoms with E-state index in [0.29, 0.717) is 0 Å². The molecule has 0 unspecified atom stereocenters. The summed E-state index contributed by atoms with van der Waals surface area (Å²) in [4.78, 5) is 8.76. The minimum absolute atomic E-state index is 0.758. The van der Waals surface area contributed by atoms with Gasteiger partial charge in [-0.25, -0.2) is 9.97 Å². The number of aryl methyl sites for hydroxylation is 1. The van der Waals surface area contributed by atoms with E-state index >= 15 is 0 Å². The summed E-state index contributed by atoms with van der Waals surface area (Å²) in [5.41, 5.74) is 1.03. The Labute approximate surface area is 127 Å². The minimum Gasteiger partial charge on any atom is -0.370 e. The van der Waals surface area contributed by atoms with Crippen molar-refractivity contribution in [3.63, 3.8) is 0 Å². The van der Waals surface area contributed by atoms with E-state index in [2.05, 4.69) is 62.2 Å². The monoisotopic (exact) mass is 368 g/mol. The van der Waals surface area contributed by atoms with E-state index in [1.807, 2.05) is 25.1 Å². The molecule has 0 spiro atoms. The number of hydrogen-bond donors (Lipinski definition) is 2. The first-order chi connectivity index (χ1) is 9.17. The fraction of sp³-hybridized carbons (Fsp3) is 0.286. The molecule has 0 aliphatic carbocycles. The third-order valence-corrected chi connectivity index (χ3v) is 3.23. The second-order valence-corrected chi connectivity index (χ2v) is 5.49. The van der Waals surface area contributed by atoms with Gasteiger partial charge in [-0.1, -0.05) is 6.92 Å². The fourth-order valence-corrected chi connectivity index (χ4v) is 2.02. The highest BCUT2D eigenvalue weighted by molar-refractivity contribution is 14.1. The number of nitrogens with zero attached hydrogens (tertiary/aromatic N) is 2. The van der Waals surface area contributed by atoms with Crippen molar-refractivity contribution >= 4 is 39.9 Å². The van der Waals surface area contributed by atoms with E-state index in [1.165, 1.54) is 3.57 Å². The highest BCUT2D eigenvalue weighted by Crippen LogP contribution is 2.18. The average Bonchev–Trinajstić information content (AvgIpc) is 2.38. The molecule has 0 saturated heterocycles. The predicted octanol–water partition coefficient (Wildman–Crippen LogP) is 3.96. The molecule has 2 rings (SSSR count). The zero-order valence-corrected chi connectivity index (χ0v) is 13.2. The number of nitrogens with one attached hydrogen (secondary N) is 2. The lowest BCUT2D eigenvalue weighted by Gasteiger charge is -2.09. The van der Waals surface area contributed by atoms with Crippen LogP contribution in [0.1, 0.15) is 19.2 Å². The lowest BCUT2D eigenvalue weighted by Crippen LogP contribution is -2.05. The Hall–Kier alpha value is -1.37. The molecule has 5 heteroatoms. The highest BCUT2D eigenvalue weighted by atomic mass is 127. The third-order valence-electron chi connectivity index (χ3n) is 2.51. The van der Waals surface area contributed by atoms with Gasteiger partial charge in [0, 0.05) is 21.9 Å². The van der Waals surface area contributed by atoms with Crippen LogP contribution in [0.2, 0.25) is 0 Å². The summed E-state index contributed by atoms with van der Waals surface area (Å²) in [6, 6.07) is 10.1. The maximum atomic E-state index is 4.40. The first kappa shape index (κ1) is 14.0. The van der Waals surface area contributed by atoms with Crippen molar-refractivity contribution in [1.82, 2.24) is 9.97 Å². The number of benzene rings is 1. The van der Waals surface area contributed by atoms with Crippen molar-refractivity contribution in [2.75, 3.05) is 17.2 Å². The van der Waals surface area contributed by atoms with Crippen LogP contribution < -0.4 is 10.6 Å². The van der Waals surface area contributed by atoms with Gasteiger partial charge in [-0.2, -0.15) is 0 Å². The van der Waals surface area contributed by atoms with E-state index < -0.39 is 0 Å². The number of aromatic nitrogens is 2. The Morgan fingerprint density at radius 2 is 1.79 bits per heavy atom. The summed E-state index contributed by atoms with van der Waals surface area (Å²) in [7, 11) is 0. The van der Waals surface area contributed by atoms with Gasteiger partial charge in [0.2, 0.25) is 0 Å². The van der Waals surface area contributed by atoms with E-state index in [1.54, 1.807) is 0 Å². The Morgan fingerprint density at radius 1 is 1.11 bits per heavy atom. The van der Waals surface area contributed by atoms with E-state index in [0.717, 1.165) is 36.1 Å². The molecule has 4 nitrogen and oxygen atoms in total. The normalized spacial score (nSPS) is 10.3. The topological polar surface area (TPSA) is 49.8 Å². The summed E-state index contributed by atoms with van der Waals surface area (Å²) in [5.74, 6) is 2.43. The third kappa shape index (κ3) is 4.34. The van der Waals surface area contributed by atoms with Crippen LogP contribution in [0.5, 0.6) is 0 Å². The lowest BCUT2D eigenvalue weighted by atomic mass is 10.3. The molecule has 1 aromatic heterocycles. The quantitative estimate of drug-likeness (QED) is 0.785. The summed E-state index contributed by atoms with van der Waals surface area (Å²) < 4.78 is 1.22. The molecule has 100 valence electrons. The summed E-state index contributed by atoms with van der Waals surface area (Å²) in [6.45, 7) is 4.95.